The van der Waals surface area contributed by atoms with Crippen LogP contribution in [0.3, 0.4) is 0 Å². The van der Waals surface area contributed by atoms with Gasteiger partial charge in [-0.1, -0.05) is 19.1 Å². The van der Waals surface area contributed by atoms with Crippen molar-refractivity contribution in [2.45, 2.75) is 26.4 Å². The van der Waals surface area contributed by atoms with Crippen LogP contribution in [0, 0.1) is 6.92 Å². The molecule has 4 heteroatoms. The molecule has 0 aromatic heterocycles. The maximum atomic E-state index is 12.4. The second-order valence-electron chi connectivity index (χ2n) is 4.77. The number of carbonyl (C=O) groups is 1. The van der Waals surface area contributed by atoms with E-state index in [1.807, 2.05) is 43.0 Å². The lowest BCUT2D eigenvalue weighted by molar-refractivity contribution is -0.142. The van der Waals surface area contributed by atoms with Crippen molar-refractivity contribution in [3.05, 3.63) is 29.8 Å². The summed E-state index contributed by atoms with van der Waals surface area (Å²) < 4.78 is 11.1. The summed E-state index contributed by atoms with van der Waals surface area (Å²) in [5.41, 5.74) is 1.13. The van der Waals surface area contributed by atoms with Crippen LogP contribution in [-0.4, -0.2) is 43.2 Å². The largest absolute Gasteiger partial charge is 0.481 e. The second-order valence-corrected chi connectivity index (χ2v) is 4.77. The van der Waals surface area contributed by atoms with Crippen LogP contribution in [-0.2, 0) is 9.53 Å². The number of aryl methyl sites for hydroxylation is 1. The van der Waals surface area contributed by atoms with Crippen LogP contribution in [0.4, 0.5) is 0 Å². The van der Waals surface area contributed by atoms with Crippen molar-refractivity contribution in [3.8, 4) is 5.75 Å². The first-order valence-corrected chi connectivity index (χ1v) is 6.80. The molecule has 0 bridgehead atoms. The summed E-state index contributed by atoms with van der Waals surface area (Å²) in [6.45, 7) is 6.54. The molecule has 1 aromatic carbocycles. The van der Waals surface area contributed by atoms with E-state index in [0.29, 0.717) is 32.7 Å². The third-order valence-corrected chi connectivity index (χ3v) is 3.24. The molecule has 1 heterocycles. The molecule has 4 nitrogen and oxygen atoms in total. The van der Waals surface area contributed by atoms with Gasteiger partial charge in [-0.3, -0.25) is 4.79 Å². The Bertz CT molecular complexity index is 427. The SMILES string of the molecule is CC[C@H](Oc1cccc(C)c1)C(=O)N1CCOCC1. The number of benzene rings is 1. The first kappa shape index (κ1) is 13.9. The van der Waals surface area contributed by atoms with E-state index in [4.69, 9.17) is 9.47 Å². The fourth-order valence-electron chi connectivity index (χ4n) is 2.15. The van der Waals surface area contributed by atoms with Gasteiger partial charge in [0.25, 0.3) is 5.91 Å². The predicted molar refractivity (Wildman–Crippen MR) is 73.3 cm³/mol. The highest BCUT2D eigenvalue weighted by Crippen LogP contribution is 2.17. The summed E-state index contributed by atoms with van der Waals surface area (Å²) in [6.07, 6.45) is 0.268. The minimum atomic E-state index is -0.403. The van der Waals surface area contributed by atoms with Crippen molar-refractivity contribution >= 4 is 5.91 Å². The molecule has 0 N–H and O–H groups in total. The molecular weight excluding hydrogens is 242 g/mol. The molecule has 1 amide bonds. The van der Waals surface area contributed by atoms with E-state index < -0.39 is 6.10 Å². The lowest BCUT2D eigenvalue weighted by Gasteiger charge is -2.30. The Balaban J connectivity index is 2.00. The Kier molecular flexibility index (Phi) is 4.80. The number of morpholine rings is 1. The summed E-state index contributed by atoms with van der Waals surface area (Å²) in [7, 11) is 0. The van der Waals surface area contributed by atoms with Gasteiger partial charge in [0.1, 0.15) is 5.75 Å². The lowest BCUT2D eigenvalue weighted by Crippen LogP contribution is -2.47. The Morgan fingerprint density at radius 3 is 2.79 bits per heavy atom. The molecule has 1 atom stereocenters. The van der Waals surface area contributed by atoms with Crippen LogP contribution in [0.15, 0.2) is 24.3 Å². The van der Waals surface area contributed by atoms with Crippen molar-refractivity contribution in [1.29, 1.82) is 0 Å². The molecule has 2 rings (SSSR count). The molecule has 1 aliphatic heterocycles. The molecule has 0 radical (unpaired) electrons. The number of ether oxygens (including phenoxy) is 2. The average molecular weight is 263 g/mol. The lowest BCUT2D eigenvalue weighted by atomic mass is 10.2. The Morgan fingerprint density at radius 2 is 2.16 bits per heavy atom. The van der Waals surface area contributed by atoms with Crippen LogP contribution in [0.2, 0.25) is 0 Å². The molecule has 1 aromatic rings. The minimum absolute atomic E-state index is 0.0623. The molecule has 0 unspecified atom stereocenters. The minimum Gasteiger partial charge on any atom is -0.481 e. The van der Waals surface area contributed by atoms with Crippen molar-refractivity contribution in [2.75, 3.05) is 26.3 Å². The normalized spacial score (nSPS) is 17.1. The average Bonchev–Trinajstić information content (AvgIpc) is 2.45. The number of carbonyl (C=O) groups excluding carboxylic acids is 1. The third kappa shape index (κ3) is 3.70. The van der Waals surface area contributed by atoms with Gasteiger partial charge in [0.05, 0.1) is 13.2 Å². The highest BCUT2D eigenvalue weighted by molar-refractivity contribution is 5.81. The highest BCUT2D eigenvalue weighted by Gasteiger charge is 2.25. The highest BCUT2D eigenvalue weighted by atomic mass is 16.5. The Morgan fingerprint density at radius 1 is 1.42 bits per heavy atom. The zero-order chi connectivity index (χ0) is 13.7. The number of hydrogen-bond donors (Lipinski definition) is 0. The van der Waals surface area contributed by atoms with Crippen LogP contribution in [0.1, 0.15) is 18.9 Å². The summed E-state index contributed by atoms with van der Waals surface area (Å²) in [4.78, 5) is 14.2. The summed E-state index contributed by atoms with van der Waals surface area (Å²) in [5.74, 6) is 0.820. The van der Waals surface area contributed by atoms with Gasteiger partial charge < -0.3 is 14.4 Å². The van der Waals surface area contributed by atoms with Crippen LogP contribution >= 0.6 is 0 Å². The van der Waals surface area contributed by atoms with Gasteiger partial charge in [-0.25, -0.2) is 0 Å². The van der Waals surface area contributed by atoms with Gasteiger partial charge in [0, 0.05) is 13.1 Å². The molecule has 1 fully saturated rings. The monoisotopic (exact) mass is 263 g/mol. The first-order chi connectivity index (χ1) is 9.20. The molecule has 104 valence electrons. The van der Waals surface area contributed by atoms with Crippen molar-refractivity contribution in [1.82, 2.24) is 4.90 Å². The van der Waals surface area contributed by atoms with Gasteiger partial charge in [0.2, 0.25) is 0 Å². The van der Waals surface area contributed by atoms with Crippen molar-refractivity contribution in [2.24, 2.45) is 0 Å². The van der Waals surface area contributed by atoms with Gasteiger partial charge in [-0.2, -0.15) is 0 Å². The van der Waals surface area contributed by atoms with E-state index in [0.717, 1.165) is 11.3 Å². The molecule has 1 aliphatic rings. The van der Waals surface area contributed by atoms with E-state index in [9.17, 15) is 4.79 Å². The molecule has 0 aliphatic carbocycles. The van der Waals surface area contributed by atoms with Crippen LogP contribution < -0.4 is 4.74 Å². The van der Waals surface area contributed by atoms with Crippen molar-refractivity contribution < 1.29 is 14.3 Å². The maximum Gasteiger partial charge on any atom is 0.263 e. The molecular formula is C15H21NO3. The zero-order valence-electron chi connectivity index (χ0n) is 11.6. The number of amides is 1. The zero-order valence-corrected chi connectivity index (χ0v) is 11.6. The second kappa shape index (κ2) is 6.57. The predicted octanol–water partition coefficient (Wildman–Crippen LogP) is 2.01. The fraction of sp³-hybridized carbons (Fsp3) is 0.533. The molecule has 0 spiro atoms. The maximum absolute atomic E-state index is 12.4. The summed E-state index contributed by atoms with van der Waals surface area (Å²) >= 11 is 0. The van der Waals surface area contributed by atoms with E-state index in [1.165, 1.54) is 0 Å². The summed E-state index contributed by atoms with van der Waals surface area (Å²) in [6, 6.07) is 7.80. The quantitative estimate of drug-likeness (QED) is 0.834. The van der Waals surface area contributed by atoms with E-state index in [-0.39, 0.29) is 5.91 Å². The van der Waals surface area contributed by atoms with Gasteiger partial charge in [-0.15, -0.1) is 0 Å². The topological polar surface area (TPSA) is 38.8 Å². The standard InChI is InChI=1S/C15H21NO3/c1-3-14(15(17)16-7-9-18-10-8-16)19-13-6-4-5-12(2)11-13/h4-6,11,14H,3,7-10H2,1-2H3/t14-/m0/s1. The van der Waals surface area contributed by atoms with Crippen LogP contribution in [0.5, 0.6) is 5.75 Å². The van der Waals surface area contributed by atoms with E-state index >= 15 is 0 Å². The number of hydrogen-bond acceptors (Lipinski definition) is 3. The Hall–Kier alpha value is -1.55. The molecule has 0 saturated carbocycles. The van der Waals surface area contributed by atoms with E-state index in [1.54, 1.807) is 0 Å². The first-order valence-electron chi connectivity index (χ1n) is 6.80. The fourth-order valence-corrected chi connectivity index (χ4v) is 2.15. The van der Waals surface area contributed by atoms with Crippen molar-refractivity contribution in [3.63, 3.8) is 0 Å². The molecule has 1 saturated heterocycles. The Labute approximate surface area is 114 Å². The van der Waals surface area contributed by atoms with Crippen LogP contribution in [0.25, 0.3) is 0 Å². The van der Waals surface area contributed by atoms with E-state index in [2.05, 4.69) is 0 Å². The van der Waals surface area contributed by atoms with Gasteiger partial charge >= 0.3 is 0 Å². The third-order valence-electron chi connectivity index (χ3n) is 3.24. The smallest absolute Gasteiger partial charge is 0.263 e. The van der Waals surface area contributed by atoms with Gasteiger partial charge in [0.15, 0.2) is 6.10 Å². The van der Waals surface area contributed by atoms with Gasteiger partial charge in [-0.05, 0) is 31.0 Å². The number of rotatable bonds is 4. The number of nitrogens with zero attached hydrogens (tertiary/aromatic N) is 1. The molecule has 19 heavy (non-hydrogen) atoms. The summed E-state index contributed by atoms with van der Waals surface area (Å²) in [5, 5.41) is 0.